The van der Waals surface area contributed by atoms with Crippen LogP contribution in [0.3, 0.4) is 0 Å². The number of carbonyl (C=O) groups excluding carboxylic acids is 1. The Kier molecular flexibility index (Phi) is 4.90. The van der Waals surface area contributed by atoms with Crippen LogP contribution in [0.25, 0.3) is 11.3 Å². The number of amides is 1. The fraction of sp³-hybridized carbons (Fsp3) is 0.375. The zero-order chi connectivity index (χ0) is 14.5. The van der Waals surface area contributed by atoms with Crippen LogP contribution in [0.15, 0.2) is 29.6 Å². The quantitative estimate of drug-likeness (QED) is 0.888. The SMILES string of the molecule is CCc1ccc(-c2csc(NC(=O)CC(C)C)n2)cc1. The Hall–Kier alpha value is -1.68. The maximum atomic E-state index is 11.7. The lowest BCUT2D eigenvalue weighted by atomic mass is 10.1. The molecule has 0 aliphatic heterocycles. The molecule has 1 amide bonds. The van der Waals surface area contributed by atoms with E-state index in [4.69, 9.17) is 0 Å². The molecule has 1 aromatic carbocycles. The molecular formula is C16H20N2OS. The highest BCUT2D eigenvalue weighted by atomic mass is 32.1. The summed E-state index contributed by atoms with van der Waals surface area (Å²) in [5.41, 5.74) is 3.31. The van der Waals surface area contributed by atoms with E-state index >= 15 is 0 Å². The molecule has 1 aromatic heterocycles. The molecule has 0 fully saturated rings. The molecule has 20 heavy (non-hydrogen) atoms. The molecule has 0 aliphatic carbocycles. The summed E-state index contributed by atoms with van der Waals surface area (Å²) in [7, 11) is 0. The Morgan fingerprint density at radius 1 is 1.30 bits per heavy atom. The average Bonchev–Trinajstić information content (AvgIpc) is 2.86. The monoisotopic (exact) mass is 288 g/mol. The van der Waals surface area contributed by atoms with Gasteiger partial charge in [-0.2, -0.15) is 0 Å². The fourth-order valence-corrected chi connectivity index (χ4v) is 2.65. The molecule has 0 saturated heterocycles. The molecule has 0 radical (unpaired) electrons. The minimum absolute atomic E-state index is 0.0298. The van der Waals surface area contributed by atoms with Gasteiger partial charge in [0.1, 0.15) is 0 Å². The molecular weight excluding hydrogens is 268 g/mol. The number of carbonyl (C=O) groups is 1. The summed E-state index contributed by atoms with van der Waals surface area (Å²) in [6.45, 7) is 6.20. The highest BCUT2D eigenvalue weighted by Crippen LogP contribution is 2.25. The molecule has 0 saturated carbocycles. The van der Waals surface area contributed by atoms with Crippen LogP contribution < -0.4 is 5.32 Å². The first kappa shape index (κ1) is 14.7. The predicted molar refractivity (Wildman–Crippen MR) is 85.0 cm³/mol. The van der Waals surface area contributed by atoms with Gasteiger partial charge in [0.2, 0.25) is 5.91 Å². The van der Waals surface area contributed by atoms with Gasteiger partial charge in [-0.3, -0.25) is 4.79 Å². The van der Waals surface area contributed by atoms with Crippen molar-refractivity contribution < 1.29 is 4.79 Å². The number of hydrogen-bond donors (Lipinski definition) is 1. The van der Waals surface area contributed by atoms with Crippen LogP contribution in [-0.2, 0) is 11.2 Å². The number of nitrogens with zero attached hydrogens (tertiary/aromatic N) is 1. The lowest BCUT2D eigenvalue weighted by Gasteiger charge is -2.03. The van der Waals surface area contributed by atoms with E-state index in [-0.39, 0.29) is 5.91 Å². The van der Waals surface area contributed by atoms with Crippen molar-refractivity contribution >= 4 is 22.4 Å². The topological polar surface area (TPSA) is 42.0 Å². The lowest BCUT2D eigenvalue weighted by molar-refractivity contribution is -0.116. The van der Waals surface area contributed by atoms with E-state index in [1.54, 1.807) is 0 Å². The molecule has 0 bridgehead atoms. The standard InChI is InChI=1S/C16H20N2OS/c1-4-12-5-7-13(8-6-12)14-10-20-16(17-14)18-15(19)9-11(2)3/h5-8,10-11H,4,9H2,1-3H3,(H,17,18,19). The van der Waals surface area contributed by atoms with Crippen LogP contribution in [0.2, 0.25) is 0 Å². The van der Waals surface area contributed by atoms with Gasteiger partial charge in [-0.05, 0) is 17.9 Å². The van der Waals surface area contributed by atoms with Crippen LogP contribution in [0.1, 0.15) is 32.8 Å². The van der Waals surface area contributed by atoms with E-state index < -0.39 is 0 Å². The number of anilines is 1. The number of nitrogens with one attached hydrogen (secondary N) is 1. The summed E-state index contributed by atoms with van der Waals surface area (Å²) in [5, 5.41) is 5.50. The highest BCUT2D eigenvalue weighted by molar-refractivity contribution is 7.14. The van der Waals surface area contributed by atoms with Crippen LogP contribution in [-0.4, -0.2) is 10.9 Å². The van der Waals surface area contributed by atoms with Crippen molar-refractivity contribution in [2.45, 2.75) is 33.6 Å². The van der Waals surface area contributed by atoms with Gasteiger partial charge in [0.05, 0.1) is 5.69 Å². The van der Waals surface area contributed by atoms with Gasteiger partial charge >= 0.3 is 0 Å². The Bertz CT molecular complexity index is 572. The van der Waals surface area contributed by atoms with Gasteiger partial charge in [0.15, 0.2) is 5.13 Å². The first-order valence-electron chi connectivity index (χ1n) is 6.93. The second-order valence-electron chi connectivity index (χ2n) is 5.23. The molecule has 4 heteroatoms. The number of aryl methyl sites for hydroxylation is 1. The number of rotatable bonds is 5. The van der Waals surface area contributed by atoms with Gasteiger partial charge < -0.3 is 5.32 Å². The molecule has 106 valence electrons. The number of hydrogen-bond acceptors (Lipinski definition) is 3. The van der Waals surface area contributed by atoms with Crippen molar-refractivity contribution in [2.24, 2.45) is 5.92 Å². The van der Waals surface area contributed by atoms with Gasteiger partial charge in [0.25, 0.3) is 0 Å². The van der Waals surface area contributed by atoms with Crippen molar-refractivity contribution in [3.8, 4) is 11.3 Å². The van der Waals surface area contributed by atoms with E-state index in [2.05, 4.69) is 41.5 Å². The number of aromatic nitrogens is 1. The van der Waals surface area contributed by atoms with Gasteiger partial charge in [-0.25, -0.2) is 4.98 Å². The Morgan fingerprint density at radius 3 is 2.60 bits per heavy atom. The maximum Gasteiger partial charge on any atom is 0.226 e. The summed E-state index contributed by atoms with van der Waals surface area (Å²) in [6.07, 6.45) is 1.56. The molecule has 0 unspecified atom stereocenters. The molecule has 2 aromatic rings. The van der Waals surface area contributed by atoms with E-state index in [0.717, 1.165) is 17.7 Å². The fourth-order valence-electron chi connectivity index (χ4n) is 1.92. The summed E-state index contributed by atoms with van der Waals surface area (Å²) in [6, 6.07) is 8.39. The third-order valence-corrected chi connectivity index (χ3v) is 3.76. The summed E-state index contributed by atoms with van der Waals surface area (Å²) in [4.78, 5) is 16.2. The predicted octanol–water partition coefficient (Wildman–Crippen LogP) is 4.36. The van der Waals surface area contributed by atoms with Crippen LogP contribution in [0, 0.1) is 5.92 Å². The number of thiazole rings is 1. The summed E-state index contributed by atoms with van der Waals surface area (Å²) < 4.78 is 0. The third kappa shape index (κ3) is 3.90. The second kappa shape index (κ2) is 6.66. The van der Waals surface area contributed by atoms with Crippen molar-refractivity contribution in [2.75, 3.05) is 5.32 Å². The largest absolute Gasteiger partial charge is 0.302 e. The molecule has 0 atom stereocenters. The Morgan fingerprint density at radius 2 is 2.00 bits per heavy atom. The van der Waals surface area contributed by atoms with Gasteiger partial charge in [0, 0.05) is 17.4 Å². The molecule has 1 heterocycles. The van der Waals surface area contributed by atoms with E-state index in [9.17, 15) is 4.79 Å². The van der Waals surface area contributed by atoms with Gasteiger partial charge in [-0.15, -0.1) is 11.3 Å². The first-order valence-corrected chi connectivity index (χ1v) is 7.81. The molecule has 0 aliphatic rings. The second-order valence-corrected chi connectivity index (χ2v) is 6.09. The molecule has 1 N–H and O–H groups in total. The smallest absolute Gasteiger partial charge is 0.226 e. The zero-order valence-electron chi connectivity index (χ0n) is 12.1. The van der Waals surface area contributed by atoms with Crippen LogP contribution in [0.5, 0.6) is 0 Å². The summed E-state index contributed by atoms with van der Waals surface area (Å²) >= 11 is 1.47. The van der Waals surface area contributed by atoms with E-state index in [0.29, 0.717) is 17.5 Å². The van der Waals surface area contributed by atoms with Crippen molar-refractivity contribution in [1.82, 2.24) is 4.98 Å². The Balaban J connectivity index is 2.06. The lowest BCUT2D eigenvalue weighted by Crippen LogP contribution is -2.13. The number of benzene rings is 1. The molecule has 2 rings (SSSR count). The van der Waals surface area contributed by atoms with Crippen molar-refractivity contribution in [3.05, 3.63) is 35.2 Å². The van der Waals surface area contributed by atoms with Crippen LogP contribution in [0.4, 0.5) is 5.13 Å². The normalized spacial score (nSPS) is 10.8. The minimum Gasteiger partial charge on any atom is -0.302 e. The van der Waals surface area contributed by atoms with Crippen molar-refractivity contribution in [3.63, 3.8) is 0 Å². The first-order chi connectivity index (χ1) is 9.58. The van der Waals surface area contributed by atoms with Crippen molar-refractivity contribution in [1.29, 1.82) is 0 Å². The highest BCUT2D eigenvalue weighted by Gasteiger charge is 2.09. The summed E-state index contributed by atoms with van der Waals surface area (Å²) in [5.74, 6) is 0.387. The van der Waals surface area contributed by atoms with E-state index in [1.807, 2.05) is 19.2 Å². The third-order valence-electron chi connectivity index (χ3n) is 3.00. The average molecular weight is 288 g/mol. The van der Waals surface area contributed by atoms with Crippen LogP contribution >= 0.6 is 11.3 Å². The molecule has 0 spiro atoms. The molecule has 3 nitrogen and oxygen atoms in total. The zero-order valence-corrected chi connectivity index (χ0v) is 13.0. The van der Waals surface area contributed by atoms with E-state index in [1.165, 1.54) is 16.9 Å². The minimum atomic E-state index is 0.0298. The van der Waals surface area contributed by atoms with Gasteiger partial charge in [-0.1, -0.05) is 45.0 Å². The Labute approximate surface area is 124 Å². The maximum absolute atomic E-state index is 11.7.